The molecule has 3 nitrogen and oxygen atoms in total. The van der Waals surface area contributed by atoms with Gasteiger partial charge in [0.15, 0.2) is 0 Å². The lowest BCUT2D eigenvalue weighted by molar-refractivity contribution is -0.137. The molecule has 0 saturated carbocycles. The Morgan fingerprint density at radius 3 is 2.56 bits per heavy atom. The maximum Gasteiger partial charge on any atom is 0.417 e. The van der Waals surface area contributed by atoms with Crippen LogP contribution < -0.4 is 10.6 Å². The van der Waals surface area contributed by atoms with Crippen LogP contribution in [0.25, 0.3) is 0 Å². The number of alkyl halides is 3. The van der Waals surface area contributed by atoms with E-state index in [1.165, 1.54) is 6.07 Å². The molecule has 1 atom stereocenters. The van der Waals surface area contributed by atoms with Crippen LogP contribution in [0.3, 0.4) is 0 Å². The molecular formula is C10H10F3N3. The molecule has 1 aromatic heterocycles. The van der Waals surface area contributed by atoms with Crippen LogP contribution in [0, 0.1) is 0 Å². The first-order valence-electron chi connectivity index (χ1n) is 4.93. The molecule has 1 saturated heterocycles. The Hall–Kier alpha value is -1.30. The number of anilines is 1. The van der Waals surface area contributed by atoms with Crippen molar-refractivity contribution in [1.82, 2.24) is 10.7 Å². The average Bonchev–Trinajstić information content (AvgIpc) is 2.64. The number of aromatic nitrogens is 1. The number of rotatable bonds is 1. The van der Waals surface area contributed by atoms with Crippen LogP contribution in [0.1, 0.15) is 12.0 Å². The average molecular weight is 229 g/mol. The van der Waals surface area contributed by atoms with Crippen LogP contribution in [0.15, 0.2) is 18.3 Å². The molecule has 1 fully saturated rings. The van der Waals surface area contributed by atoms with Crippen molar-refractivity contribution in [2.24, 2.45) is 0 Å². The Bertz CT molecular complexity index is 361. The zero-order valence-electron chi connectivity index (χ0n) is 8.41. The molecular weight excluding hydrogens is 219 g/mol. The van der Waals surface area contributed by atoms with Gasteiger partial charge in [0.1, 0.15) is 5.82 Å². The highest BCUT2D eigenvalue weighted by atomic mass is 19.4. The molecule has 16 heavy (non-hydrogen) atoms. The highest BCUT2D eigenvalue weighted by Crippen LogP contribution is 2.29. The Morgan fingerprint density at radius 1 is 1.38 bits per heavy atom. The molecule has 2 heterocycles. The van der Waals surface area contributed by atoms with Crippen LogP contribution in [-0.4, -0.2) is 24.1 Å². The van der Waals surface area contributed by atoms with Gasteiger partial charge in [0.05, 0.1) is 11.6 Å². The number of nitrogens with zero attached hydrogens (tertiary/aromatic N) is 3. The molecule has 0 bridgehead atoms. The lowest BCUT2D eigenvalue weighted by Crippen LogP contribution is -2.22. The van der Waals surface area contributed by atoms with Gasteiger partial charge in [-0.2, -0.15) is 13.2 Å². The van der Waals surface area contributed by atoms with Crippen molar-refractivity contribution in [3.8, 4) is 0 Å². The van der Waals surface area contributed by atoms with E-state index in [0.29, 0.717) is 25.3 Å². The zero-order valence-corrected chi connectivity index (χ0v) is 8.41. The number of halogens is 3. The van der Waals surface area contributed by atoms with Gasteiger partial charge >= 0.3 is 6.18 Å². The molecule has 2 rings (SSSR count). The highest BCUT2D eigenvalue weighted by molar-refractivity contribution is 5.41. The minimum Gasteiger partial charge on any atom is -0.355 e. The van der Waals surface area contributed by atoms with Gasteiger partial charge in [0, 0.05) is 19.3 Å². The van der Waals surface area contributed by atoms with E-state index >= 15 is 0 Å². The molecule has 0 spiro atoms. The first-order valence-corrected chi connectivity index (χ1v) is 4.93. The fourth-order valence-electron chi connectivity index (χ4n) is 1.69. The third-order valence-corrected chi connectivity index (χ3v) is 2.56. The van der Waals surface area contributed by atoms with Gasteiger partial charge in [0.25, 0.3) is 0 Å². The summed E-state index contributed by atoms with van der Waals surface area (Å²) in [6, 6.07) is 1.93. The smallest absolute Gasteiger partial charge is 0.355 e. The predicted octanol–water partition coefficient (Wildman–Crippen LogP) is 1.75. The van der Waals surface area contributed by atoms with E-state index in [0.717, 1.165) is 12.3 Å². The van der Waals surface area contributed by atoms with E-state index in [2.05, 4.69) is 4.98 Å². The molecule has 0 unspecified atom stereocenters. The number of pyridine rings is 1. The summed E-state index contributed by atoms with van der Waals surface area (Å²) in [5.41, 5.74) is 8.54. The summed E-state index contributed by atoms with van der Waals surface area (Å²) in [5, 5.41) is 0. The monoisotopic (exact) mass is 229 g/mol. The summed E-state index contributed by atoms with van der Waals surface area (Å²) in [5.74, 6) is 0.476. The summed E-state index contributed by atoms with van der Waals surface area (Å²) in [6.07, 6.45) is -2.90. The zero-order chi connectivity index (χ0) is 11.8. The summed E-state index contributed by atoms with van der Waals surface area (Å²) in [4.78, 5) is 5.53. The highest BCUT2D eigenvalue weighted by Gasteiger charge is 2.31. The minimum absolute atomic E-state index is 0.413. The molecule has 86 valence electrons. The maximum atomic E-state index is 12.3. The molecule has 0 amide bonds. The van der Waals surface area contributed by atoms with E-state index in [1.807, 2.05) is 0 Å². The standard InChI is InChI=1S/C10H10F3N3/c11-10(12,13)7-1-2-9(15-5-7)16-4-3-8(14)6-16/h1-2,5,8H,3-4,6H2/t8-/m0/s1. The van der Waals surface area contributed by atoms with Crippen molar-refractivity contribution in [3.63, 3.8) is 0 Å². The summed E-state index contributed by atoms with van der Waals surface area (Å²) < 4.78 is 36.8. The van der Waals surface area contributed by atoms with E-state index in [9.17, 15) is 18.9 Å². The second kappa shape index (κ2) is 3.93. The van der Waals surface area contributed by atoms with Gasteiger partial charge in [-0.1, -0.05) is 0 Å². The summed E-state index contributed by atoms with van der Waals surface area (Å²) >= 11 is 0. The van der Waals surface area contributed by atoms with Crippen molar-refractivity contribution in [1.29, 1.82) is 0 Å². The molecule has 2 radical (unpaired) electrons. The van der Waals surface area contributed by atoms with E-state index in [1.54, 1.807) is 4.90 Å². The van der Waals surface area contributed by atoms with Crippen LogP contribution in [-0.2, 0) is 6.18 Å². The van der Waals surface area contributed by atoms with Crippen LogP contribution >= 0.6 is 0 Å². The van der Waals surface area contributed by atoms with E-state index < -0.39 is 17.8 Å². The van der Waals surface area contributed by atoms with Crippen molar-refractivity contribution >= 4 is 5.82 Å². The molecule has 1 aromatic rings. The molecule has 1 aliphatic rings. The predicted molar refractivity (Wildman–Crippen MR) is 52.0 cm³/mol. The largest absolute Gasteiger partial charge is 0.417 e. The Labute approximate surface area is 91.1 Å². The molecule has 1 aliphatic heterocycles. The van der Waals surface area contributed by atoms with Gasteiger partial charge in [-0.3, -0.25) is 0 Å². The maximum absolute atomic E-state index is 12.3. The van der Waals surface area contributed by atoms with Crippen molar-refractivity contribution in [2.75, 3.05) is 18.0 Å². The normalized spacial score (nSPS) is 21.5. The fraction of sp³-hybridized carbons (Fsp3) is 0.500. The van der Waals surface area contributed by atoms with Crippen molar-refractivity contribution < 1.29 is 13.2 Å². The van der Waals surface area contributed by atoms with Crippen LogP contribution in [0.2, 0.25) is 0 Å². The molecule has 0 aliphatic carbocycles. The van der Waals surface area contributed by atoms with Crippen LogP contribution in [0.5, 0.6) is 0 Å². The van der Waals surface area contributed by atoms with Crippen molar-refractivity contribution in [3.05, 3.63) is 23.9 Å². The first kappa shape index (κ1) is 11.2. The summed E-state index contributed by atoms with van der Waals surface area (Å²) in [6.45, 7) is 1.05. The van der Waals surface area contributed by atoms with Gasteiger partial charge in [0.2, 0.25) is 0 Å². The second-order valence-electron chi connectivity index (χ2n) is 3.79. The van der Waals surface area contributed by atoms with Gasteiger partial charge in [-0.25, -0.2) is 4.98 Å². The molecule has 0 aromatic carbocycles. The minimum atomic E-state index is -4.35. The lowest BCUT2D eigenvalue weighted by Gasteiger charge is -2.16. The van der Waals surface area contributed by atoms with Gasteiger partial charge in [-0.15, -0.1) is 5.73 Å². The second-order valence-corrected chi connectivity index (χ2v) is 3.79. The Morgan fingerprint density at radius 2 is 2.12 bits per heavy atom. The topological polar surface area (TPSA) is 38.4 Å². The SMILES string of the molecule is [N][C@H]1CCN(c2ccc(C(F)(F)F)cn2)C1. The lowest BCUT2D eigenvalue weighted by atomic mass is 10.3. The van der Waals surface area contributed by atoms with Gasteiger partial charge < -0.3 is 4.90 Å². The van der Waals surface area contributed by atoms with E-state index in [4.69, 9.17) is 0 Å². The Kier molecular flexibility index (Phi) is 2.75. The first-order chi connectivity index (χ1) is 7.47. The van der Waals surface area contributed by atoms with E-state index in [-0.39, 0.29) is 0 Å². The van der Waals surface area contributed by atoms with Crippen molar-refractivity contribution in [2.45, 2.75) is 18.6 Å². The fourth-order valence-corrected chi connectivity index (χ4v) is 1.69. The number of hydrogen-bond donors (Lipinski definition) is 0. The third kappa shape index (κ3) is 2.27. The molecule has 6 heteroatoms. The Balaban J connectivity index is 2.14. The van der Waals surface area contributed by atoms with Gasteiger partial charge in [-0.05, 0) is 18.6 Å². The summed E-state index contributed by atoms with van der Waals surface area (Å²) in [7, 11) is 0. The quantitative estimate of drug-likeness (QED) is 0.735. The molecule has 0 N–H and O–H groups in total. The van der Waals surface area contributed by atoms with Crippen LogP contribution in [0.4, 0.5) is 19.0 Å². The number of hydrogen-bond acceptors (Lipinski definition) is 2. The third-order valence-electron chi connectivity index (χ3n) is 2.56.